The van der Waals surface area contributed by atoms with Crippen molar-refractivity contribution in [3.8, 4) is 0 Å². The molecule has 1 unspecified atom stereocenters. The smallest absolute Gasteiger partial charge is 0.0456 e. The predicted molar refractivity (Wildman–Crippen MR) is 195 cm³/mol. The Hall–Kier alpha value is -3.32. The number of hydrogen-bond donors (Lipinski definition) is 1. The van der Waals surface area contributed by atoms with Crippen molar-refractivity contribution in [2.24, 2.45) is 5.92 Å². The number of H-pyrrole nitrogens is 1. The van der Waals surface area contributed by atoms with Crippen molar-refractivity contribution in [2.45, 2.75) is 112 Å². The minimum Gasteiger partial charge on any atom is -0.361 e. The van der Waals surface area contributed by atoms with Crippen LogP contribution in [0, 0.1) is 5.92 Å². The molecule has 1 heteroatoms. The molecule has 1 atom stereocenters. The Labute approximate surface area is 264 Å². The number of benzene rings is 3. The van der Waals surface area contributed by atoms with Crippen molar-refractivity contribution in [1.82, 2.24) is 4.98 Å². The highest BCUT2D eigenvalue weighted by Crippen LogP contribution is 2.37. The lowest BCUT2D eigenvalue weighted by Crippen LogP contribution is -2.12. The lowest BCUT2D eigenvalue weighted by atomic mass is 9.77. The van der Waals surface area contributed by atoms with Crippen LogP contribution in [0.4, 0.5) is 0 Å². The first-order valence-electron chi connectivity index (χ1n) is 16.5. The number of hydrogen-bond acceptors (Lipinski definition) is 0. The van der Waals surface area contributed by atoms with E-state index in [1.807, 2.05) is 0 Å². The fourth-order valence-electron chi connectivity index (χ4n) is 6.28. The lowest BCUT2D eigenvalue weighted by Gasteiger charge is -2.27. The van der Waals surface area contributed by atoms with Crippen LogP contribution in [-0.2, 0) is 12.8 Å². The molecule has 5 rings (SSSR count). The maximum absolute atomic E-state index is 4.31. The van der Waals surface area contributed by atoms with Gasteiger partial charge in [0.15, 0.2) is 0 Å². The zero-order chi connectivity index (χ0) is 30.3. The number of rotatable bonds is 10. The van der Waals surface area contributed by atoms with E-state index >= 15 is 0 Å². The maximum Gasteiger partial charge on any atom is 0.0456 e. The van der Waals surface area contributed by atoms with Gasteiger partial charge >= 0.3 is 0 Å². The van der Waals surface area contributed by atoms with Gasteiger partial charge in [-0.1, -0.05) is 146 Å². The van der Waals surface area contributed by atoms with Gasteiger partial charge in [0.05, 0.1) is 0 Å². The fraction of sp³-hybridized carbons (Fsp3) is 0.429. The third-order valence-corrected chi connectivity index (χ3v) is 8.58. The van der Waals surface area contributed by atoms with E-state index in [1.165, 1.54) is 109 Å². The van der Waals surface area contributed by atoms with Gasteiger partial charge in [-0.2, -0.15) is 0 Å². The van der Waals surface area contributed by atoms with Crippen molar-refractivity contribution in [3.63, 3.8) is 0 Å². The highest BCUT2D eigenvalue weighted by molar-refractivity contribution is 5.83. The summed E-state index contributed by atoms with van der Waals surface area (Å²) in [4.78, 5) is 3.27. The van der Waals surface area contributed by atoms with Crippen molar-refractivity contribution in [3.05, 3.63) is 120 Å². The van der Waals surface area contributed by atoms with Crippen molar-refractivity contribution >= 4 is 22.0 Å². The molecule has 0 amide bonds. The van der Waals surface area contributed by atoms with Gasteiger partial charge in [-0.05, 0) is 96.7 Å². The van der Waals surface area contributed by atoms with Crippen molar-refractivity contribution in [1.29, 1.82) is 0 Å². The molecule has 0 radical (unpaired) electrons. The molecule has 0 saturated carbocycles. The molecule has 1 N–H and O–H groups in total. The standard InChI is InChI=1S/C17H22.C13H20.C11H13N.CH4/c1-5-6-14-7-8-16-11-15(12(2)3)9-10-17(16)13(14)4;1-3-8-12(9-4-2)13-10-6-5-7-11-13;1-2-5-9-8-12-11-7-4-3-6-10(9)11;/h9-11,14H,2,4-8H2,1,3H3;5-7,10-12H,3-4,8-9H2,1-2H3;3-4,6-8,12H,2,5H2,1H3;1H4. The summed E-state index contributed by atoms with van der Waals surface area (Å²) in [5, 5.41) is 1.37. The molecular weight excluding hydrogens is 518 g/mol. The van der Waals surface area contributed by atoms with E-state index in [1.54, 1.807) is 0 Å². The number of fused-ring (bicyclic) bond motifs is 2. The molecule has 3 aromatic carbocycles. The van der Waals surface area contributed by atoms with E-state index < -0.39 is 0 Å². The number of aromatic nitrogens is 1. The molecule has 0 aliphatic heterocycles. The summed E-state index contributed by atoms with van der Waals surface area (Å²) in [6.07, 6.45) is 14.7. The Balaban J connectivity index is 0.000000227. The van der Waals surface area contributed by atoms with E-state index in [0.717, 1.165) is 11.5 Å². The minimum atomic E-state index is 0. The first kappa shape index (κ1) is 35.9. The molecule has 1 nitrogen and oxygen atoms in total. The van der Waals surface area contributed by atoms with Crippen LogP contribution in [0.5, 0.6) is 0 Å². The molecule has 43 heavy (non-hydrogen) atoms. The first-order chi connectivity index (χ1) is 20.4. The molecule has 0 bridgehead atoms. The van der Waals surface area contributed by atoms with Crippen LogP contribution >= 0.6 is 0 Å². The summed E-state index contributed by atoms with van der Waals surface area (Å²) in [7, 11) is 0. The molecule has 0 fully saturated rings. The topological polar surface area (TPSA) is 15.8 Å². The Bertz CT molecular complexity index is 1370. The second-order valence-electron chi connectivity index (χ2n) is 12.0. The van der Waals surface area contributed by atoms with Crippen LogP contribution in [0.25, 0.3) is 22.0 Å². The van der Waals surface area contributed by atoms with E-state index in [2.05, 4.69) is 132 Å². The summed E-state index contributed by atoms with van der Waals surface area (Å²) < 4.78 is 0. The van der Waals surface area contributed by atoms with Crippen LogP contribution in [-0.4, -0.2) is 4.98 Å². The summed E-state index contributed by atoms with van der Waals surface area (Å²) >= 11 is 0. The third-order valence-electron chi connectivity index (χ3n) is 8.58. The van der Waals surface area contributed by atoms with Crippen molar-refractivity contribution < 1.29 is 0 Å². The number of nitrogens with one attached hydrogen (secondary N) is 1. The zero-order valence-corrected chi connectivity index (χ0v) is 27.1. The fourth-order valence-corrected chi connectivity index (χ4v) is 6.28. The Kier molecular flexibility index (Phi) is 15.9. The average Bonchev–Trinajstić information content (AvgIpc) is 3.42. The lowest BCUT2D eigenvalue weighted by molar-refractivity contribution is 0.539. The van der Waals surface area contributed by atoms with Crippen LogP contribution in [0.3, 0.4) is 0 Å². The third kappa shape index (κ3) is 10.4. The monoisotopic (exact) mass is 577 g/mol. The van der Waals surface area contributed by atoms with Gasteiger partial charge in [-0.15, -0.1) is 0 Å². The number of aryl methyl sites for hydroxylation is 2. The van der Waals surface area contributed by atoms with E-state index in [9.17, 15) is 0 Å². The molecular formula is C42H59N. The van der Waals surface area contributed by atoms with Crippen LogP contribution in [0.2, 0.25) is 0 Å². The van der Waals surface area contributed by atoms with Gasteiger partial charge in [0.1, 0.15) is 0 Å². The van der Waals surface area contributed by atoms with Crippen LogP contribution in [0.1, 0.15) is 127 Å². The van der Waals surface area contributed by atoms with Crippen LogP contribution in [0.15, 0.2) is 92.2 Å². The number of allylic oxidation sites excluding steroid dienone is 2. The van der Waals surface area contributed by atoms with Gasteiger partial charge in [-0.3, -0.25) is 0 Å². The molecule has 0 spiro atoms. The van der Waals surface area contributed by atoms with E-state index in [4.69, 9.17) is 0 Å². The molecule has 1 aliphatic carbocycles. The van der Waals surface area contributed by atoms with E-state index in [-0.39, 0.29) is 7.43 Å². The zero-order valence-electron chi connectivity index (χ0n) is 27.1. The summed E-state index contributed by atoms with van der Waals surface area (Å²) in [5.74, 6) is 1.49. The summed E-state index contributed by atoms with van der Waals surface area (Å²) in [6.45, 7) is 19.4. The summed E-state index contributed by atoms with van der Waals surface area (Å²) in [5.41, 5.74) is 10.8. The van der Waals surface area contributed by atoms with Gasteiger partial charge in [0, 0.05) is 17.1 Å². The predicted octanol–water partition coefficient (Wildman–Crippen LogP) is 13.2. The highest BCUT2D eigenvalue weighted by atomic mass is 14.7. The Morgan fingerprint density at radius 1 is 0.860 bits per heavy atom. The molecule has 1 aliphatic rings. The maximum atomic E-state index is 4.31. The van der Waals surface area contributed by atoms with E-state index in [0.29, 0.717) is 5.92 Å². The largest absolute Gasteiger partial charge is 0.361 e. The highest BCUT2D eigenvalue weighted by Gasteiger charge is 2.21. The Morgan fingerprint density at radius 3 is 2.16 bits per heavy atom. The molecule has 232 valence electrons. The second-order valence-corrected chi connectivity index (χ2v) is 12.0. The molecule has 4 aromatic rings. The molecule has 1 heterocycles. The van der Waals surface area contributed by atoms with Gasteiger partial charge < -0.3 is 4.98 Å². The van der Waals surface area contributed by atoms with Gasteiger partial charge in [0.2, 0.25) is 0 Å². The minimum absolute atomic E-state index is 0. The average molecular weight is 578 g/mol. The molecule has 1 aromatic heterocycles. The normalized spacial score (nSPS) is 13.7. The SMILES string of the molecule is C.C=C(C)c1ccc2c(c1)CCC(CCC)C2=C.CCCC(CCC)c1ccccc1.CCCc1c[nH]c2ccccc12. The van der Waals surface area contributed by atoms with Gasteiger partial charge in [0.25, 0.3) is 0 Å². The van der Waals surface area contributed by atoms with Crippen LogP contribution < -0.4 is 0 Å². The Morgan fingerprint density at radius 2 is 1.53 bits per heavy atom. The molecule has 0 saturated heterocycles. The van der Waals surface area contributed by atoms with Gasteiger partial charge in [-0.25, -0.2) is 0 Å². The van der Waals surface area contributed by atoms with Crippen molar-refractivity contribution in [2.75, 3.05) is 0 Å². The quantitative estimate of drug-likeness (QED) is 0.193. The summed E-state index contributed by atoms with van der Waals surface area (Å²) in [6, 6.07) is 26.1. The second kappa shape index (κ2) is 19.1. The first-order valence-corrected chi connectivity index (χ1v) is 16.5. The number of aromatic amines is 1. The number of para-hydroxylation sites is 1.